The molecule has 4 N–H and O–H groups in total. The highest BCUT2D eigenvalue weighted by molar-refractivity contribution is 6.46. The fourth-order valence-electron chi connectivity index (χ4n) is 6.14. The third kappa shape index (κ3) is 6.80. The van der Waals surface area contributed by atoms with E-state index in [1.54, 1.807) is 12.1 Å². The molecule has 1 unspecified atom stereocenters. The summed E-state index contributed by atoms with van der Waals surface area (Å²) in [5.74, 6) is -0.354. The lowest BCUT2D eigenvalue weighted by Crippen LogP contribution is -2.49. The molecule has 0 aromatic heterocycles. The topological polar surface area (TPSA) is 112 Å². The SMILES string of the molecule is Cc1cc(C)cc(C2=NC3(CCCCCC3)N(C(CCC(C)(C)C)c3ccc(C(=O)NCC(=N)N)cc3)C2=O)c1. The number of carbonyl (C=O) groups is 2. The first-order chi connectivity index (χ1) is 18.9. The lowest BCUT2D eigenvalue weighted by Gasteiger charge is -2.42. The number of nitrogens with two attached hydrogens (primary N) is 1. The normalized spacial score (nSPS) is 17.9. The maximum absolute atomic E-state index is 14.5. The van der Waals surface area contributed by atoms with Gasteiger partial charge in [0.05, 0.1) is 12.6 Å². The number of amidine groups is 1. The van der Waals surface area contributed by atoms with E-state index in [1.165, 1.54) is 0 Å². The molecule has 0 bridgehead atoms. The van der Waals surface area contributed by atoms with Crippen molar-refractivity contribution in [1.82, 2.24) is 10.2 Å². The van der Waals surface area contributed by atoms with Crippen LogP contribution >= 0.6 is 0 Å². The molecule has 0 radical (unpaired) electrons. The molecule has 1 atom stereocenters. The summed E-state index contributed by atoms with van der Waals surface area (Å²) in [4.78, 5) is 34.5. The van der Waals surface area contributed by atoms with E-state index < -0.39 is 5.66 Å². The van der Waals surface area contributed by atoms with Gasteiger partial charge >= 0.3 is 0 Å². The zero-order valence-electron chi connectivity index (χ0n) is 24.8. The van der Waals surface area contributed by atoms with Gasteiger partial charge in [-0.25, -0.2) is 0 Å². The van der Waals surface area contributed by atoms with Crippen LogP contribution in [0.5, 0.6) is 0 Å². The van der Waals surface area contributed by atoms with Gasteiger partial charge in [-0.15, -0.1) is 0 Å². The standard InChI is InChI=1S/C33H45N5O2/c1-22-18-23(2)20-26(19-22)29-31(40)38(33(37-29)15-8-6-7-9-16-33)27(14-17-32(3,4)5)24-10-12-25(13-11-24)30(39)36-21-28(34)35/h10-13,18-20,27H,6-9,14-17,21H2,1-5H3,(H3,34,35)(H,36,39). The highest BCUT2D eigenvalue weighted by Crippen LogP contribution is 2.46. The van der Waals surface area contributed by atoms with Gasteiger partial charge in [-0.2, -0.15) is 0 Å². The summed E-state index contributed by atoms with van der Waals surface area (Å²) in [7, 11) is 0. The number of nitrogens with zero attached hydrogens (tertiary/aromatic N) is 2. The molecule has 1 saturated carbocycles. The predicted molar refractivity (Wildman–Crippen MR) is 162 cm³/mol. The molecule has 1 spiro atoms. The zero-order chi connectivity index (χ0) is 29.1. The lowest BCUT2D eigenvalue weighted by atomic mass is 9.85. The van der Waals surface area contributed by atoms with E-state index in [1.807, 2.05) is 12.1 Å². The Morgan fingerprint density at radius 1 is 1.05 bits per heavy atom. The summed E-state index contributed by atoms with van der Waals surface area (Å²) in [5.41, 5.74) is 10.2. The van der Waals surface area contributed by atoms with Crippen molar-refractivity contribution in [3.05, 3.63) is 70.3 Å². The first-order valence-corrected chi connectivity index (χ1v) is 14.6. The molecular formula is C33H45N5O2. The molecule has 2 aromatic carbocycles. The van der Waals surface area contributed by atoms with E-state index >= 15 is 0 Å². The summed E-state index contributed by atoms with van der Waals surface area (Å²) in [6.45, 7) is 10.8. The Balaban J connectivity index is 1.76. The molecule has 0 saturated heterocycles. The quantitative estimate of drug-likeness (QED) is 0.271. The smallest absolute Gasteiger partial charge is 0.275 e. The molecule has 40 heavy (non-hydrogen) atoms. The van der Waals surface area contributed by atoms with E-state index in [4.69, 9.17) is 16.1 Å². The van der Waals surface area contributed by atoms with Crippen LogP contribution in [0.3, 0.4) is 0 Å². The minimum atomic E-state index is -0.555. The van der Waals surface area contributed by atoms with E-state index in [2.05, 4.69) is 63.0 Å². The minimum absolute atomic E-state index is 0.00841. The Morgan fingerprint density at radius 3 is 2.20 bits per heavy atom. The Labute approximate surface area is 239 Å². The van der Waals surface area contributed by atoms with Gasteiger partial charge in [-0.3, -0.25) is 20.0 Å². The largest absolute Gasteiger partial charge is 0.386 e. The third-order valence-corrected chi connectivity index (χ3v) is 8.07. The average Bonchev–Trinajstić information content (AvgIpc) is 3.01. The number of amides is 2. The minimum Gasteiger partial charge on any atom is -0.386 e. The molecule has 2 aliphatic rings. The second-order valence-electron chi connectivity index (χ2n) is 12.9. The lowest BCUT2D eigenvalue weighted by molar-refractivity contribution is -0.132. The van der Waals surface area contributed by atoms with Gasteiger partial charge < -0.3 is 16.0 Å². The van der Waals surface area contributed by atoms with Crippen molar-refractivity contribution in [1.29, 1.82) is 5.41 Å². The van der Waals surface area contributed by atoms with Crippen molar-refractivity contribution >= 4 is 23.4 Å². The van der Waals surface area contributed by atoms with E-state index in [-0.39, 0.29) is 35.7 Å². The first kappa shape index (κ1) is 29.5. The Hall–Kier alpha value is -3.48. The number of benzene rings is 2. The van der Waals surface area contributed by atoms with Crippen LogP contribution in [0.4, 0.5) is 0 Å². The molecule has 7 nitrogen and oxygen atoms in total. The first-order valence-electron chi connectivity index (χ1n) is 14.6. The number of hydrogen-bond acceptors (Lipinski definition) is 4. The van der Waals surface area contributed by atoms with Gasteiger partial charge in [0, 0.05) is 11.1 Å². The summed E-state index contributed by atoms with van der Waals surface area (Å²) in [6.07, 6.45) is 7.90. The summed E-state index contributed by atoms with van der Waals surface area (Å²) in [5, 5.41) is 10.0. The van der Waals surface area contributed by atoms with Gasteiger partial charge in [0.1, 0.15) is 17.2 Å². The summed E-state index contributed by atoms with van der Waals surface area (Å²) < 4.78 is 0. The van der Waals surface area contributed by atoms with Crippen molar-refractivity contribution in [3.63, 3.8) is 0 Å². The number of rotatable bonds is 8. The molecule has 1 fully saturated rings. The van der Waals surface area contributed by atoms with Gasteiger partial charge in [0.15, 0.2) is 0 Å². The predicted octanol–water partition coefficient (Wildman–Crippen LogP) is 6.22. The van der Waals surface area contributed by atoms with Gasteiger partial charge in [0.25, 0.3) is 11.8 Å². The van der Waals surface area contributed by atoms with Crippen LogP contribution in [0.1, 0.15) is 111 Å². The monoisotopic (exact) mass is 543 g/mol. The van der Waals surface area contributed by atoms with Crippen molar-refractivity contribution in [3.8, 4) is 0 Å². The summed E-state index contributed by atoms with van der Waals surface area (Å²) in [6, 6.07) is 13.7. The fourth-order valence-corrected chi connectivity index (χ4v) is 6.14. The van der Waals surface area contributed by atoms with Crippen molar-refractivity contribution in [2.75, 3.05) is 6.54 Å². The molecule has 4 rings (SSSR count). The van der Waals surface area contributed by atoms with Crippen LogP contribution < -0.4 is 11.1 Å². The molecule has 1 aliphatic heterocycles. The fraction of sp³-hybridized carbons (Fsp3) is 0.515. The van der Waals surface area contributed by atoms with E-state index in [0.29, 0.717) is 11.3 Å². The van der Waals surface area contributed by atoms with E-state index in [9.17, 15) is 9.59 Å². The maximum Gasteiger partial charge on any atom is 0.275 e. The number of carbonyl (C=O) groups excluding carboxylic acids is 2. The molecule has 2 amide bonds. The Kier molecular flexibility index (Phi) is 8.81. The van der Waals surface area contributed by atoms with Crippen LogP contribution in [-0.2, 0) is 4.79 Å². The highest BCUT2D eigenvalue weighted by Gasteiger charge is 2.50. The van der Waals surface area contributed by atoms with Gasteiger partial charge in [-0.05, 0) is 87.6 Å². The third-order valence-electron chi connectivity index (χ3n) is 8.07. The number of aliphatic imine (C=N–C) groups is 1. The van der Waals surface area contributed by atoms with Crippen LogP contribution in [0.15, 0.2) is 47.5 Å². The average molecular weight is 544 g/mol. The summed E-state index contributed by atoms with van der Waals surface area (Å²) >= 11 is 0. The molecule has 2 aromatic rings. The van der Waals surface area contributed by atoms with Crippen LogP contribution in [-0.4, -0.2) is 40.5 Å². The molecule has 214 valence electrons. The Bertz CT molecular complexity index is 1260. The van der Waals surface area contributed by atoms with Crippen molar-refractivity contribution in [2.45, 2.75) is 97.7 Å². The second-order valence-corrected chi connectivity index (χ2v) is 12.9. The van der Waals surface area contributed by atoms with Crippen LogP contribution in [0.25, 0.3) is 0 Å². The molecule has 1 heterocycles. The van der Waals surface area contributed by atoms with Crippen molar-refractivity contribution in [2.24, 2.45) is 16.1 Å². The number of nitrogens with one attached hydrogen (secondary N) is 2. The molecule has 7 heteroatoms. The molecular weight excluding hydrogens is 498 g/mol. The maximum atomic E-state index is 14.5. The van der Waals surface area contributed by atoms with Crippen molar-refractivity contribution < 1.29 is 9.59 Å². The second kappa shape index (κ2) is 11.9. The van der Waals surface area contributed by atoms with Gasteiger partial charge in [-0.1, -0.05) is 62.9 Å². The number of aryl methyl sites for hydroxylation is 2. The highest BCUT2D eigenvalue weighted by atomic mass is 16.2. The molecule has 1 aliphatic carbocycles. The van der Waals surface area contributed by atoms with Crippen LogP contribution in [0.2, 0.25) is 0 Å². The number of hydrogen-bond donors (Lipinski definition) is 3. The van der Waals surface area contributed by atoms with Gasteiger partial charge in [0.2, 0.25) is 0 Å². The Morgan fingerprint density at radius 2 is 1.65 bits per heavy atom. The van der Waals surface area contributed by atoms with Crippen LogP contribution in [0, 0.1) is 24.7 Å². The van der Waals surface area contributed by atoms with E-state index in [0.717, 1.165) is 73.6 Å². The zero-order valence-corrected chi connectivity index (χ0v) is 24.8.